The van der Waals surface area contributed by atoms with Crippen molar-refractivity contribution in [3.8, 4) is 0 Å². The first-order valence-electron chi connectivity index (χ1n) is 4.83. The van der Waals surface area contributed by atoms with Gasteiger partial charge in [-0.25, -0.2) is 4.21 Å². The molecule has 0 heterocycles. The van der Waals surface area contributed by atoms with Gasteiger partial charge in [-0.2, -0.15) is 0 Å². The van der Waals surface area contributed by atoms with E-state index in [1.165, 1.54) is 11.8 Å². The van der Waals surface area contributed by atoms with Gasteiger partial charge in [0.25, 0.3) is 0 Å². The molecule has 0 amide bonds. The number of hydrogen-bond acceptors (Lipinski definition) is 3. The summed E-state index contributed by atoms with van der Waals surface area (Å²) in [5, 5.41) is 0. The van der Waals surface area contributed by atoms with Gasteiger partial charge in [0.15, 0.2) is 11.1 Å². The Morgan fingerprint density at radius 1 is 1.11 bits per heavy atom. The molecule has 0 aliphatic carbocycles. The zero-order chi connectivity index (χ0) is 12.3. The molecule has 0 bridgehead atoms. The third-order valence-electron chi connectivity index (χ3n) is 2.10. The van der Waals surface area contributed by atoms with Gasteiger partial charge in [0.05, 0.1) is 4.90 Å². The predicted molar refractivity (Wildman–Crippen MR) is 73.3 cm³/mol. The van der Waals surface area contributed by atoms with Gasteiger partial charge >= 0.3 is 29.6 Å². The Labute approximate surface area is 141 Å². The van der Waals surface area contributed by atoms with Crippen LogP contribution in [0.5, 0.6) is 0 Å². The summed E-state index contributed by atoms with van der Waals surface area (Å²) in [5.74, 6) is 0. The van der Waals surface area contributed by atoms with Crippen LogP contribution in [-0.4, -0.2) is 8.76 Å². The van der Waals surface area contributed by atoms with Crippen molar-refractivity contribution in [2.75, 3.05) is 0 Å². The molecule has 88 valence electrons. The third-order valence-corrected chi connectivity index (χ3v) is 4.37. The van der Waals surface area contributed by atoms with Gasteiger partial charge in [-0.1, -0.05) is 30.0 Å². The third kappa shape index (κ3) is 4.42. The Morgan fingerprint density at radius 2 is 1.78 bits per heavy atom. The molecule has 1 unspecified atom stereocenters. The second-order valence-corrected chi connectivity index (χ2v) is 5.86. The van der Waals surface area contributed by atoms with E-state index in [0.717, 1.165) is 14.7 Å². The van der Waals surface area contributed by atoms with Crippen LogP contribution in [0.2, 0.25) is 0 Å². The summed E-state index contributed by atoms with van der Waals surface area (Å²) < 4.78 is 20.0. The fourth-order valence-corrected chi connectivity index (χ4v) is 2.96. The van der Waals surface area contributed by atoms with E-state index in [9.17, 15) is 4.21 Å². The zero-order valence-electron chi connectivity index (χ0n) is 9.74. The van der Waals surface area contributed by atoms with E-state index in [1.807, 2.05) is 30.3 Å². The van der Waals surface area contributed by atoms with Crippen molar-refractivity contribution in [3.05, 3.63) is 48.5 Å². The van der Waals surface area contributed by atoms with Crippen LogP contribution in [0.25, 0.3) is 0 Å². The first-order chi connectivity index (χ1) is 8.16. The summed E-state index contributed by atoms with van der Waals surface area (Å²) in [6.07, 6.45) is 0. The molecule has 6 heteroatoms. The van der Waals surface area contributed by atoms with E-state index >= 15 is 0 Å². The van der Waals surface area contributed by atoms with Crippen molar-refractivity contribution < 1.29 is 38.3 Å². The fourth-order valence-electron chi connectivity index (χ4n) is 1.30. The molecule has 2 aromatic carbocycles. The van der Waals surface area contributed by atoms with Crippen LogP contribution in [0.1, 0.15) is 0 Å². The van der Waals surface area contributed by atoms with Crippen LogP contribution in [0.3, 0.4) is 0 Å². The summed E-state index contributed by atoms with van der Waals surface area (Å²) in [5.41, 5.74) is 0. The quantitative estimate of drug-likeness (QED) is 0.498. The second-order valence-electron chi connectivity index (χ2n) is 3.29. The van der Waals surface area contributed by atoms with Crippen molar-refractivity contribution in [1.29, 1.82) is 0 Å². The van der Waals surface area contributed by atoms with Gasteiger partial charge in [-0.15, -0.1) is 12.6 Å². The van der Waals surface area contributed by atoms with Crippen LogP contribution < -0.4 is 29.6 Å². The molecular weight excluding hydrogens is 295 g/mol. The molecule has 0 fully saturated rings. The summed E-state index contributed by atoms with van der Waals surface area (Å²) >= 11 is 3.91. The Bertz CT molecular complexity index is 546. The topological polar surface area (TPSA) is 37.3 Å². The standard InChI is InChI=1S/C12H10O2S3.Na/c13-17(14)10-6-7-11(15)12(8-10)16-9-4-2-1-3-5-9;/h1-8,15H,(H,13,14);/q;+1. The fraction of sp³-hybridized carbons (Fsp3) is 0. The normalized spacial score (nSPS) is 11.7. The molecular formula is C12H10NaO2S3+. The van der Waals surface area contributed by atoms with Gasteiger partial charge in [0, 0.05) is 14.7 Å². The van der Waals surface area contributed by atoms with Gasteiger partial charge in [-0.3, -0.25) is 0 Å². The van der Waals surface area contributed by atoms with E-state index in [-0.39, 0.29) is 29.6 Å². The summed E-state index contributed by atoms with van der Waals surface area (Å²) in [4.78, 5) is 3.14. The second kappa shape index (κ2) is 7.75. The molecule has 2 nitrogen and oxygen atoms in total. The van der Waals surface area contributed by atoms with Crippen LogP contribution in [0.4, 0.5) is 0 Å². The van der Waals surface area contributed by atoms with E-state index in [2.05, 4.69) is 12.6 Å². The molecule has 2 aromatic rings. The smallest absolute Gasteiger partial charge is 0.302 e. The van der Waals surface area contributed by atoms with Crippen molar-refractivity contribution in [3.63, 3.8) is 0 Å². The molecule has 0 saturated carbocycles. The largest absolute Gasteiger partial charge is 1.00 e. The minimum atomic E-state index is -1.95. The molecule has 0 radical (unpaired) electrons. The maximum Gasteiger partial charge on any atom is 1.00 e. The number of thiol groups is 1. The van der Waals surface area contributed by atoms with E-state index in [1.54, 1.807) is 18.2 Å². The molecule has 1 N–H and O–H groups in total. The predicted octanol–water partition coefficient (Wildman–Crippen LogP) is 0.711. The maximum absolute atomic E-state index is 11.0. The molecule has 0 aromatic heterocycles. The van der Waals surface area contributed by atoms with Gasteiger partial charge < -0.3 is 4.55 Å². The molecule has 0 aliphatic heterocycles. The van der Waals surface area contributed by atoms with Gasteiger partial charge in [0.2, 0.25) is 0 Å². The van der Waals surface area contributed by atoms with Crippen molar-refractivity contribution in [2.24, 2.45) is 0 Å². The molecule has 1 atom stereocenters. The molecule has 0 aliphatic rings. The van der Waals surface area contributed by atoms with Crippen molar-refractivity contribution in [1.82, 2.24) is 0 Å². The zero-order valence-corrected chi connectivity index (χ0v) is 14.3. The van der Waals surface area contributed by atoms with Gasteiger partial charge in [0.1, 0.15) is 0 Å². The van der Waals surface area contributed by atoms with Crippen molar-refractivity contribution >= 4 is 35.5 Å². The monoisotopic (exact) mass is 305 g/mol. The first-order valence-corrected chi connectivity index (χ1v) is 7.20. The molecule has 18 heavy (non-hydrogen) atoms. The Morgan fingerprint density at radius 3 is 2.39 bits per heavy atom. The number of benzene rings is 2. The van der Waals surface area contributed by atoms with Crippen LogP contribution in [-0.2, 0) is 11.1 Å². The van der Waals surface area contributed by atoms with Crippen LogP contribution in [0.15, 0.2) is 68.1 Å². The molecule has 0 spiro atoms. The summed E-state index contributed by atoms with van der Waals surface area (Å²) in [6, 6.07) is 14.9. The Balaban J connectivity index is 0.00000162. The first kappa shape index (κ1) is 16.3. The SMILES string of the molecule is O=S(O)c1ccc(S)c(Sc2ccccc2)c1.[Na+]. The van der Waals surface area contributed by atoms with E-state index < -0.39 is 11.1 Å². The van der Waals surface area contributed by atoms with Crippen molar-refractivity contribution in [2.45, 2.75) is 19.6 Å². The minimum absolute atomic E-state index is 0. The van der Waals surface area contributed by atoms with Crippen LogP contribution >= 0.6 is 24.4 Å². The number of hydrogen-bond donors (Lipinski definition) is 2. The number of rotatable bonds is 3. The minimum Gasteiger partial charge on any atom is -0.302 e. The Kier molecular flexibility index (Phi) is 7.02. The maximum atomic E-state index is 11.0. The average molecular weight is 305 g/mol. The molecule has 2 rings (SSSR count). The van der Waals surface area contributed by atoms with Crippen LogP contribution in [0, 0.1) is 0 Å². The molecule has 0 saturated heterocycles. The van der Waals surface area contributed by atoms with E-state index in [0.29, 0.717) is 4.90 Å². The Hall–Kier alpha value is 0.250. The summed E-state index contributed by atoms with van der Waals surface area (Å²) in [6.45, 7) is 0. The van der Waals surface area contributed by atoms with Gasteiger partial charge in [-0.05, 0) is 30.3 Å². The summed E-state index contributed by atoms with van der Waals surface area (Å²) in [7, 11) is 0. The average Bonchev–Trinajstić information content (AvgIpc) is 2.33. The van der Waals surface area contributed by atoms with E-state index in [4.69, 9.17) is 4.55 Å².